The summed E-state index contributed by atoms with van der Waals surface area (Å²) in [5, 5.41) is 7.44. The number of fused-ring (bicyclic) bond motifs is 1. The molecule has 42 heavy (non-hydrogen) atoms. The summed E-state index contributed by atoms with van der Waals surface area (Å²) in [7, 11) is 3.12. The van der Waals surface area contributed by atoms with Gasteiger partial charge in [-0.2, -0.15) is 31.4 Å². The van der Waals surface area contributed by atoms with Crippen molar-refractivity contribution in [3.8, 4) is 11.6 Å². The minimum Gasteiger partial charge on any atom is -0.438 e. The number of hydrogen-bond donors (Lipinski definition) is 1. The van der Waals surface area contributed by atoms with Crippen molar-refractivity contribution in [1.82, 2.24) is 29.3 Å². The zero-order valence-electron chi connectivity index (χ0n) is 22.6. The minimum atomic E-state index is -4.58. The van der Waals surface area contributed by atoms with Crippen LogP contribution in [-0.4, -0.2) is 29.3 Å². The maximum Gasteiger partial charge on any atom is 0.434 e. The SMILES string of the molecule is CCC(Nc1nc2ccc(Cc3cc(C(F)(F)F)n(C)n3)cc2n1C)c1ccc(Oc2cnc(C(F)(F)F)cn2)cc1. The molecule has 2 aromatic carbocycles. The van der Waals surface area contributed by atoms with Gasteiger partial charge >= 0.3 is 12.4 Å². The van der Waals surface area contributed by atoms with Crippen molar-refractivity contribution in [2.24, 2.45) is 14.1 Å². The van der Waals surface area contributed by atoms with Crippen molar-refractivity contribution in [2.45, 2.75) is 38.2 Å². The van der Waals surface area contributed by atoms with E-state index in [0.29, 0.717) is 30.0 Å². The lowest BCUT2D eigenvalue weighted by molar-refractivity contribution is -0.143. The molecule has 1 unspecified atom stereocenters. The number of alkyl halides is 6. The molecule has 8 nitrogen and oxygen atoms in total. The Morgan fingerprint density at radius 3 is 2.24 bits per heavy atom. The summed E-state index contributed by atoms with van der Waals surface area (Å²) in [5.74, 6) is 0.920. The van der Waals surface area contributed by atoms with Crippen LogP contribution in [0.2, 0.25) is 0 Å². The number of ether oxygens (including phenoxy) is 1. The molecule has 5 rings (SSSR count). The molecule has 3 aromatic heterocycles. The average Bonchev–Trinajstić information content (AvgIpc) is 3.46. The summed E-state index contributed by atoms with van der Waals surface area (Å²) in [6.07, 6.45) is -6.59. The molecule has 0 bridgehead atoms. The van der Waals surface area contributed by atoms with E-state index in [0.717, 1.165) is 39.1 Å². The molecular formula is C28H25F6N7O. The van der Waals surface area contributed by atoms with Crippen LogP contribution in [0.1, 0.15) is 47.6 Å². The lowest BCUT2D eigenvalue weighted by Crippen LogP contribution is -2.13. The number of halogens is 6. The van der Waals surface area contributed by atoms with E-state index in [9.17, 15) is 26.3 Å². The molecular weight excluding hydrogens is 564 g/mol. The lowest BCUT2D eigenvalue weighted by Gasteiger charge is -2.18. The molecule has 0 aliphatic heterocycles. The van der Waals surface area contributed by atoms with Crippen molar-refractivity contribution in [1.29, 1.82) is 0 Å². The highest BCUT2D eigenvalue weighted by molar-refractivity contribution is 5.79. The van der Waals surface area contributed by atoms with Crippen molar-refractivity contribution < 1.29 is 31.1 Å². The first kappa shape index (κ1) is 28.9. The zero-order chi connectivity index (χ0) is 30.2. The van der Waals surface area contributed by atoms with Gasteiger partial charge in [0, 0.05) is 20.5 Å². The van der Waals surface area contributed by atoms with Gasteiger partial charge in [0.25, 0.3) is 0 Å². The zero-order valence-corrected chi connectivity index (χ0v) is 22.6. The fourth-order valence-corrected chi connectivity index (χ4v) is 4.54. The average molecular weight is 590 g/mol. The highest BCUT2D eigenvalue weighted by Crippen LogP contribution is 2.32. The number of aryl methyl sites for hydroxylation is 2. The van der Waals surface area contributed by atoms with Gasteiger partial charge in [-0.1, -0.05) is 25.1 Å². The Hall–Kier alpha value is -4.62. The van der Waals surface area contributed by atoms with Crippen molar-refractivity contribution in [3.63, 3.8) is 0 Å². The third kappa shape index (κ3) is 6.16. The fraction of sp³-hybridized carbons (Fsp3) is 0.286. The molecule has 3 heterocycles. The molecule has 1 N–H and O–H groups in total. The molecule has 5 aromatic rings. The van der Waals surface area contributed by atoms with Gasteiger partial charge in [0.15, 0.2) is 5.69 Å². The first-order chi connectivity index (χ1) is 19.8. The number of hydrogen-bond acceptors (Lipinski definition) is 6. The highest BCUT2D eigenvalue weighted by Gasteiger charge is 2.35. The second-order valence-electron chi connectivity index (χ2n) is 9.65. The molecule has 0 saturated heterocycles. The Kier molecular flexibility index (Phi) is 7.56. The lowest BCUT2D eigenvalue weighted by atomic mass is 10.0. The number of imidazole rings is 1. The van der Waals surface area contributed by atoms with Gasteiger partial charge in [-0.3, -0.25) is 4.68 Å². The van der Waals surface area contributed by atoms with Gasteiger partial charge in [0.05, 0.1) is 35.2 Å². The number of nitrogens with one attached hydrogen (secondary N) is 1. The molecule has 0 spiro atoms. The summed E-state index contributed by atoms with van der Waals surface area (Å²) in [4.78, 5) is 11.7. The van der Waals surface area contributed by atoms with Gasteiger partial charge in [0.1, 0.15) is 11.4 Å². The van der Waals surface area contributed by atoms with E-state index in [1.807, 2.05) is 48.9 Å². The molecule has 0 fully saturated rings. The predicted molar refractivity (Wildman–Crippen MR) is 142 cm³/mol. The maximum atomic E-state index is 13.2. The Morgan fingerprint density at radius 2 is 1.64 bits per heavy atom. The quantitative estimate of drug-likeness (QED) is 0.195. The Labute approximate surface area is 236 Å². The van der Waals surface area contributed by atoms with Crippen LogP contribution in [0.15, 0.2) is 60.9 Å². The van der Waals surface area contributed by atoms with E-state index < -0.39 is 23.7 Å². The maximum absolute atomic E-state index is 13.2. The third-order valence-corrected chi connectivity index (χ3v) is 6.69. The van der Waals surface area contributed by atoms with E-state index in [-0.39, 0.29) is 18.3 Å². The number of nitrogens with zero attached hydrogens (tertiary/aromatic N) is 6. The first-order valence-electron chi connectivity index (χ1n) is 12.8. The summed E-state index contributed by atoms with van der Waals surface area (Å²) in [6, 6.07) is 13.5. The van der Waals surface area contributed by atoms with Crippen molar-refractivity contribution in [3.05, 3.63) is 89.1 Å². The summed E-state index contributed by atoms with van der Waals surface area (Å²) >= 11 is 0. The van der Waals surface area contributed by atoms with Gasteiger partial charge < -0.3 is 14.6 Å². The Bertz CT molecular complexity index is 1690. The van der Waals surface area contributed by atoms with Gasteiger partial charge in [0.2, 0.25) is 11.8 Å². The predicted octanol–water partition coefficient (Wildman–Crippen LogP) is 7.08. The number of benzene rings is 2. The largest absolute Gasteiger partial charge is 0.438 e. The molecule has 220 valence electrons. The second-order valence-corrected chi connectivity index (χ2v) is 9.65. The molecule has 0 amide bonds. The van der Waals surface area contributed by atoms with Crippen molar-refractivity contribution in [2.75, 3.05) is 5.32 Å². The van der Waals surface area contributed by atoms with Crippen LogP contribution < -0.4 is 10.1 Å². The van der Waals surface area contributed by atoms with E-state index in [1.54, 1.807) is 12.1 Å². The molecule has 0 aliphatic carbocycles. The van der Waals surface area contributed by atoms with Crippen molar-refractivity contribution >= 4 is 17.0 Å². The van der Waals surface area contributed by atoms with Crippen LogP contribution in [0.5, 0.6) is 11.6 Å². The summed E-state index contributed by atoms with van der Waals surface area (Å²) in [5.41, 5.74) is 1.65. The number of aromatic nitrogens is 6. The van der Waals surface area contributed by atoms with E-state index >= 15 is 0 Å². The second kappa shape index (κ2) is 11.0. The van der Waals surface area contributed by atoms with Crippen LogP contribution >= 0.6 is 0 Å². The Balaban J connectivity index is 1.29. The highest BCUT2D eigenvalue weighted by atomic mass is 19.4. The molecule has 14 heteroatoms. The first-order valence-corrected chi connectivity index (χ1v) is 12.8. The molecule has 0 saturated carbocycles. The third-order valence-electron chi connectivity index (χ3n) is 6.69. The summed E-state index contributed by atoms with van der Waals surface area (Å²) < 4.78 is 85.8. The normalized spacial score (nSPS) is 13.0. The topological polar surface area (TPSA) is 82.7 Å². The Morgan fingerprint density at radius 1 is 0.905 bits per heavy atom. The van der Waals surface area contributed by atoms with Gasteiger partial charge in [-0.25, -0.2) is 15.0 Å². The van der Waals surface area contributed by atoms with Crippen LogP contribution in [0.4, 0.5) is 32.3 Å². The van der Waals surface area contributed by atoms with Crippen LogP contribution in [0.3, 0.4) is 0 Å². The van der Waals surface area contributed by atoms with E-state index in [2.05, 4.69) is 25.4 Å². The molecule has 0 radical (unpaired) electrons. The van der Waals surface area contributed by atoms with Gasteiger partial charge in [-0.05, 0) is 47.9 Å². The molecule has 0 aliphatic rings. The van der Waals surface area contributed by atoms with Crippen LogP contribution in [0, 0.1) is 0 Å². The van der Waals surface area contributed by atoms with Crippen LogP contribution in [-0.2, 0) is 32.9 Å². The van der Waals surface area contributed by atoms with Gasteiger partial charge in [-0.15, -0.1) is 0 Å². The number of anilines is 1. The standard InChI is InChI=1S/C28H25F6N7O/c1-4-20(17-6-8-19(9-7-17)42-25-15-35-23(14-36-25)27(29,30)31)37-26-38-21-10-5-16(12-22(21)40(26)2)11-18-13-24(28(32,33)34)41(3)39-18/h5-10,12-15,20H,4,11H2,1-3H3,(H,37,38). The van der Waals surface area contributed by atoms with E-state index in [4.69, 9.17) is 4.74 Å². The fourth-order valence-electron chi connectivity index (χ4n) is 4.54. The number of rotatable bonds is 8. The monoisotopic (exact) mass is 589 g/mol. The van der Waals surface area contributed by atoms with E-state index in [1.165, 1.54) is 7.05 Å². The minimum absolute atomic E-state index is 0.0659. The summed E-state index contributed by atoms with van der Waals surface area (Å²) in [6.45, 7) is 2.00. The smallest absolute Gasteiger partial charge is 0.434 e. The van der Waals surface area contributed by atoms with Crippen LogP contribution in [0.25, 0.3) is 11.0 Å². The molecule has 1 atom stereocenters.